The summed E-state index contributed by atoms with van der Waals surface area (Å²) in [5.41, 5.74) is 1.65. The first-order chi connectivity index (χ1) is 14.2. The van der Waals surface area contributed by atoms with Crippen molar-refractivity contribution in [3.63, 3.8) is 0 Å². The SMILES string of the molecule is O=c1[nH]c(CSc2nnc3n2CCCCC3)nc2cc(-c3ccc(Cl)cc3)sc12. The van der Waals surface area contributed by atoms with E-state index in [0.717, 1.165) is 46.3 Å². The second-order valence-corrected chi connectivity index (χ2v) is 9.43. The van der Waals surface area contributed by atoms with Crippen molar-refractivity contribution in [3.8, 4) is 10.4 Å². The summed E-state index contributed by atoms with van der Waals surface area (Å²) in [5, 5.41) is 10.3. The van der Waals surface area contributed by atoms with E-state index in [1.54, 1.807) is 11.8 Å². The van der Waals surface area contributed by atoms with Gasteiger partial charge in [-0.3, -0.25) is 4.79 Å². The first kappa shape index (κ1) is 18.8. The van der Waals surface area contributed by atoms with Gasteiger partial charge in [-0.15, -0.1) is 21.5 Å². The number of aromatic nitrogens is 5. The van der Waals surface area contributed by atoms with Gasteiger partial charge in [-0.25, -0.2) is 4.98 Å². The Kier molecular flexibility index (Phi) is 5.15. The van der Waals surface area contributed by atoms with Crippen LogP contribution in [0.25, 0.3) is 20.7 Å². The van der Waals surface area contributed by atoms with Gasteiger partial charge in [0.1, 0.15) is 16.3 Å². The number of halogens is 1. The summed E-state index contributed by atoms with van der Waals surface area (Å²) < 4.78 is 2.84. The monoisotopic (exact) mass is 443 g/mol. The molecule has 1 N–H and O–H groups in total. The number of nitrogens with one attached hydrogen (secondary N) is 1. The number of aromatic amines is 1. The molecule has 1 aromatic carbocycles. The minimum atomic E-state index is -0.101. The minimum absolute atomic E-state index is 0.101. The molecular formula is C20H18ClN5OS2. The van der Waals surface area contributed by atoms with E-state index in [1.807, 2.05) is 30.3 Å². The van der Waals surface area contributed by atoms with Crippen molar-refractivity contribution in [1.82, 2.24) is 24.7 Å². The van der Waals surface area contributed by atoms with Crippen LogP contribution in [-0.2, 0) is 18.7 Å². The van der Waals surface area contributed by atoms with Gasteiger partial charge >= 0.3 is 0 Å². The number of rotatable bonds is 4. The lowest BCUT2D eigenvalue weighted by molar-refractivity contribution is 0.591. The normalized spacial score (nSPS) is 14.1. The third-order valence-corrected chi connectivity index (χ3v) is 7.38. The van der Waals surface area contributed by atoms with Crippen LogP contribution in [-0.4, -0.2) is 24.7 Å². The molecular weight excluding hydrogens is 426 g/mol. The van der Waals surface area contributed by atoms with Gasteiger partial charge in [0.2, 0.25) is 0 Å². The van der Waals surface area contributed by atoms with E-state index < -0.39 is 0 Å². The van der Waals surface area contributed by atoms with Gasteiger partial charge in [-0.05, 0) is 36.6 Å². The minimum Gasteiger partial charge on any atom is -0.309 e. The fourth-order valence-corrected chi connectivity index (χ4v) is 5.49. The third kappa shape index (κ3) is 3.84. The zero-order valence-corrected chi connectivity index (χ0v) is 17.9. The van der Waals surface area contributed by atoms with Crippen molar-refractivity contribution in [1.29, 1.82) is 0 Å². The highest BCUT2D eigenvalue weighted by atomic mass is 35.5. The highest BCUT2D eigenvalue weighted by Crippen LogP contribution is 2.32. The van der Waals surface area contributed by atoms with E-state index in [4.69, 9.17) is 11.6 Å². The van der Waals surface area contributed by atoms with Crippen molar-refractivity contribution in [2.24, 2.45) is 0 Å². The molecule has 9 heteroatoms. The molecule has 0 fully saturated rings. The van der Waals surface area contributed by atoms with E-state index in [1.165, 1.54) is 24.2 Å². The molecule has 1 aliphatic heterocycles. The topological polar surface area (TPSA) is 76.5 Å². The molecule has 0 radical (unpaired) electrons. The Balaban J connectivity index is 1.40. The summed E-state index contributed by atoms with van der Waals surface area (Å²) >= 11 is 8.99. The standard InChI is InChI=1S/C20H18ClN5OS2/c21-13-7-5-12(6-8-13)15-10-14-18(29-15)19(27)23-16(22-14)11-28-20-25-24-17-4-2-1-3-9-26(17)20/h5-8,10H,1-4,9,11H2,(H,22,23,27). The Hall–Kier alpha value is -2.16. The molecule has 4 heterocycles. The van der Waals surface area contributed by atoms with Crippen LogP contribution in [0.5, 0.6) is 0 Å². The van der Waals surface area contributed by atoms with Crippen molar-refractivity contribution in [2.45, 2.75) is 43.1 Å². The van der Waals surface area contributed by atoms with Crippen LogP contribution >= 0.6 is 34.7 Å². The van der Waals surface area contributed by atoms with E-state index in [9.17, 15) is 4.79 Å². The summed E-state index contributed by atoms with van der Waals surface area (Å²) in [5.74, 6) is 2.27. The molecule has 1 aliphatic rings. The maximum absolute atomic E-state index is 12.6. The van der Waals surface area contributed by atoms with Gasteiger partial charge in [0.15, 0.2) is 5.16 Å². The van der Waals surface area contributed by atoms with E-state index >= 15 is 0 Å². The summed E-state index contributed by atoms with van der Waals surface area (Å²) in [7, 11) is 0. The number of thioether (sulfide) groups is 1. The molecule has 0 unspecified atom stereocenters. The number of hydrogen-bond acceptors (Lipinski definition) is 6. The molecule has 0 spiro atoms. The summed E-state index contributed by atoms with van der Waals surface area (Å²) in [6, 6.07) is 9.57. The lowest BCUT2D eigenvalue weighted by Gasteiger charge is -2.06. The highest BCUT2D eigenvalue weighted by Gasteiger charge is 2.16. The number of thiophene rings is 1. The largest absolute Gasteiger partial charge is 0.309 e. The van der Waals surface area contributed by atoms with E-state index in [0.29, 0.717) is 21.3 Å². The molecule has 6 nitrogen and oxygen atoms in total. The van der Waals surface area contributed by atoms with E-state index in [2.05, 4.69) is 24.7 Å². The maximum Gasteiger partial charge on any atom is 0.268 e. The first-order valence-corrected chi connectivity index (χ1v) is 11.7. The van der Waals surface area contributed by atoms with Gasteiger partial charge in [0.25, 0.3) is 5.56 Å². The summed E-state index contributed by atoms with van der Waals surface area (Å²) in [4.78, 5) is 21.2. The lowest BCUT2D eigenvalue weighted by atomic mass is 10.2. The van der Waals surface area contributed by atoms with Gasteiger partial charge in [-0.2, -0.15) is 0 Å². The predicted molar refractivity (Wildman–Crippen MR) is 118 cm³/mol. The quantitative estimate of drug-likeness (QED) is 0.453. The first-order valence-electron chi connectivity index (χ1n) is 9.51. The number of benzene rings is 1. The number of hydrogen-bond donors (Lipinski definition) is 1. The average molecular weight is 444 g/mol. The molecule has 5 rings (SSSR count). The molecule has 148 valence electrons. The Labute approximate surface area is 180 Å². The van der Waals surface area contributed by atoms with Gasteiger partial charge in [0, 0.05) is 22.9 Å². The molecule has 0 bridgehead atoms. The van der Waals surface area contributed by atoms with Crippen molar-refractivity contribution >= 4 is 44.9 Å². The lowest BCUT2D eigenvalue weighted by Crippen LogP contribution is -2.10. The highest BCUT2D eigenvalue weighted by molar-refractivity contribution is 7.98. The fourth-order valence-electron chi connectivity index (χ4n) is 3.51. The molecule has 0 aliphatic carbocycles. The second-order valence-electron chi connectivity index (χ2n) is 6.99. The molecule has 0 amide bonds. The average Bonchev–Trinajstić information content (AvgIpc) is 3.24. The second kappa shape index (κ2) is 7.93. The summed E-state index contributed by atoms with van der Waals surface area (Å²) in [6.45, 7) is 0.961. The van der Waals surface area contributed by atoms with Crippen LogP contribution in [0.4, 0.5) is 0 Å². The molecule has 4 aromatic rings. The van der Waals surface area contributed by atoms with Crippen LogP contribution in [0, 0.1) is 0 Å². The van der Waals surface area contributed by atoms with Crippen LogP contribution < -0.4 is 5.56 Å². The van der Waals surface area contributed by atoms with Crippen molar-refractivity contribution < 1.29 is 0 Å². The Morgan fingerprint density at radius 2 is 2.03 bits per heavy atom. The zero-order valence-electron chi connectivity index (χ0n) is 15.5. The third-order valence-electron chi connectivity index (χ3n) is 4.97. The molecule has 0 saturated heterocycles. The van der Waals surface area contributed by atoms with Gasteiger partial charge < -0.3 is 9.55 Å². The Morgan fingerprint density at radius 3 is 2.90 bits per heavy atom. The number of fused-ring (bicyclic) bond motifs is 2. The molecule has 0 saturated carbocycles. The predicted octanol–water partition coefficient (Wildman–Crippen LogP) is 4.92. The number of nitrogens with zero attached hydrogens (tertiary/aromatic N) is 4. The Morgan fingerprint density at radius 1 is 1.17 bits per heavy atom. The van der Waals surface area contributed by atoms with Crippen molar-refractivity contribution in [2.75, 3.05) is 0 Å². The molecule has 0 atom stereocenters. The van der Waals surface area contributed by atoms with Crippen LogP contribution in [0.2, 0.25) is 5.02 Å². The number of aryl methyl sites for hydroxylation is 1. The molecule has 3 aromatic heterocycles. The van der Waals surface area contributed by atoms with Gasteiger partial charge in [-0.1, -0.05) is 41.9 Å². The van der Waals surface area contributed by atoms with Crippen LogP contribution in [0.3, 0.4) is 0 Å². The van der Waals surface area contributed by atoms with Crippen LogP contribution in [0.15, 0.2) is 40.3 Å². The maximum atomic E-state index is 12.6. The van der Waals surface area contributed by atoms with E-state index in [-0.39, 0.29) is 5.56 Å². The van der Waals surface area contributed by atoms with Gasteiger partial charge in [0.05, 0.1) is 11.3 Å². The van der Waals surface area contributed by atoms with Crippen molar-refractivity contribution in [3.05, 3.63) is 57.4 Å². The fraction of sp³-hybridized carbons (Fsp3) is 0.300. The Bertz CT molecular complexity index is 1230. The zero-order chi connectivity index (χ0) is 19.8. The van der Waals surface area contributed by atoms with Crippen LogP contribution in [0.1, 0.15) is 30.9 Å². The summed E-state index contributed by atoms with van der Waals surface area (Å²) in [6.07, 6.45) is 4.54. The number of H-pyrrole nitrogens is 1. The smallest absolute Gasteiger partial charge is 0.268 e. The molecule has 29 heavy (non-hydrogen) atoms.